The molecule has 1 amide bonds. The van der Waals surface area contributed by atoms with E-state index in [0.29, 0.717) is 28.9 Å². The van der Waals surface area contributed by atoms with Crippen LogP contribution in [0.5, 0.6) is 5.75 Å². The second-order valence-corrected chi connectivity index (χ2v) is 5.67. The molecule has 1 aliphatic heterocycles. The number of likely N-dealkylation sites (tertiary alicyclic amines) is 1. The minimum absolute atomic E-state index is 0.0234. The number of hydrogen-bond acceptors (Lipinski definition) is 3. The summed E-state index contributed by atoms with van der Waals surface area (Å²) in [6.07, 6.45) is -0.939. The summed E-state index contributed by atoms with van der Waals surface area (Å²) in [5.74, 6) is 0.578. The van der Waals surface area contributed by atoms with Gasteiger partial charge in [-0.2, -0.15) is 0 Å². The van der Waals surface area contributed by atoms with Crippen molar-refractivity contribution in [2.75, 3.05) is 20.2 Å². The van der Waals surface area contributed by atoms with E-state index < -0.39 is 6.09 Å². The first kappa shape index (κ1) is 15.2. The zero-order valence-corrected chi connectivity index (χ0v) is 12.7. The normalized spacial score (nSPS) is 16.8. The molecule has 0 spiro atoms. The van der Waals surface area contributed by atoms with Crippen molar-refractivity contribution in [3.63, 3.8) is 0 Å². The molecule has 0 radical (unpaired) electrons. The largest absolute Gasteiger partial charge is 0.496 e. The van der Waals surface area contributed by atoms with Gasteiger partial charge in [0.25, 0.3) is 0 Å². The van der Waals surface area contributed by atoms with Gasteiger partial charge in [0.05, 0.1) is 17.2 Å². The maximum Gasteiger partial charge on any atom is 0.407 e. The molecule has 1 aromatic carbocycles. The highest BCUT2D eigenvalue weighted by atomic mass is 35.5. The molecule has 1 aliphatic rings. The van der Waals surface area contributed by atoms with Gasteiger partial charge in [0, 0.05) is 36.2 Å². The quantitative estimate of drug-likeness (QED) is 0.897. The van der Waals surface area contributed by atoms with Crippen LogP contribution in [0.15, 0.2) is 6.07 Å². The number of hydrogen-bond donors (Lipinski definition) is 2. The molecule has 3 N–H and O–H groups in total. The predicted octanol–water partition coefficient (Wildman–Crippen LogP) is 3.10. The number of ether oxygens (including phenoxy) is 1. The standard InChI is InChI=1S/C13H16Cl2N2O3/c1-6(16)8-3-9(14)11(15)10(12(8)20-2)7-4-17(5-7)13(18)19/h3,6-7H,4-5,16H2,1-2H3,(H,18,19). The van der Waals surface area contributed by atoms with Crippen LogP contribution in [0.2, 0.25) is 10.0 Å². The Hall–Kier alpha value is -1.17. The fraction of sp³-hybridized carbons (Fsp3) is 0.462. The van der Waals surface area contributed by atoms with Crippen molar-refractivity contribution >= 4 is 29.3 Å². The predicted molar refractivity (Wildman–Crippen MR) is 78.0 cm³/mol. The molecule has 1 fully saturated rings. The first-order valence-electron chi connectivity index (χ1n) is 6.16. The Morgan fingerprint density at radius 2 is 2.15 bits per heavy atom. The van der Waals surface area contributed by atoms with E-state index in [1.165, 1.54) is 4.90 Å². The van der Waals surface area contributed by atoms with Crippen molar-refractivity contribution in [3.05, 3.63) is 27.2 Å². The van der Waals surface area contributed by atoms with E-state index in [9.17, 15) is 4.79 Å². The summed E-state index contributed by atoms with van der Waals surface area (Å²) in [5, 5.41) is 9.72. The number of benzene rings is 1. The molecule has 1 aromatic rings. The molecule has 0 aliphatic carbocycles. The average Bonchev–Trinajstić information content (AvgIpc) is 2.31. The lowest BCUT2D eigenvalue weighted by Crippen LogP contribution is -2.48. The van der Waals surface area contributed by atoms with Gasteiger partial charge in [-0.15, -0.1) is 0 Å². The van der Waals surface area contributed by atoms with Gasteiger partial charge in [0.2, 0.25) is 0 Å². The molecular weight excluding hydrogens is 303 g/mol. The third-order valence-corrected chi connectivity index (χ3v) is 4.29. The molecule has 5 nitrogen and oxygen atoms in total. The average molecular weight is 319 g/mol. The Kier molecular flexibility index (Phi) is 4.32. The van der Waals surface area contributed by atoms with E-state index in [0.717, 1.165) is 11.1 Å². The fourth-order valence-corrected chi connectivity index (χ4v) is 2.91. The molecule has 2 rings (SSSR count). The van der Waals surface area contributed by atoms with Gasteiger partial charge in [-0.3, -0.25) is 0 Å². The third kappa shape index (κ3) is 2.53. The molecule has 110 valence electrons. The summed E-state index contributed by atoms with van der Waals surface area (Å²) in [4.78, 5) is 12.2. The SMILES string of the molecule is COc1c(C(C)N)cc(Cl)c(Cl)c1C1CN(C(=O)O)C1. The topological polar surface area (TPSA) is 75.8 Å². The second-order valence-electron chi connectivity index (χ2n) is 4.88. The molecule has 1 unspecified atom stereocenters. The lowest BCUT2D eigenvalue weighted by atomic mass is 9.88. The number of nitrogens with zero attached hydrogens (tertiary/aromatic N) is 1. The zero-order chi connectivity index (χ0) is 15.0. The summed E-state index contributed by atoms with van der Waals surface area (Å²) < 4.78 is 5.44. The Balaban J connectivity index is 2.44. The van der Waals surface area contributed by atoms with Crippen molar-refractivity contribution < 1.29 is 14.6 Å². The fourth-order valence-electron chi connectivity index (χ4n) is 2.40. The first-order chi connectivity index (χ1) is 9.36. The Morgan fingerprint density at radius 1 is 1.55 bits per heavy atom. The first-order valence-corrected chi connectivity index (χ1v) is 6.91. The van der Waals surface area contributed by atoms with Crippen LogP contribution < -0.4 is 10.5 Å². The number of halogens is 2. The summed E-state index contributed by atoms with van der Waals surface area (Å²) in [5.41, 5.74) is 7.44. The lowest BCUT2D eigenvalue weighted by molar-refractivity contribution is 0.105. The van der Waals surface area contributed by atoms with Crippen LogP contribution in [-0.2, 0) is 0 Å². The summed E-state index contributed by atoms with van der Waals surface area (Å²) in [7, 11) is 1.54. The van der Waals surface area contributed by atoms with Crippen molar-refractivity contribution in [2.45, 2.75) is 18.9 Å². The minimum atomic E-state index is -0.939. The number of rotatable bonds is 3. The Morgan fingerprint density at radius 3 is 2.60 bits per heavy atom. The second kappa shape index (κ2) is 5.68. The molecule has 0 saturated carbocycles. The molecule has 0 bridgehead atoms. The highest BCUT2D eigenvalue weighted by molar-refractivity contribution is 6.42. The van der Waals surface area contributed by atoms with Crippen LogP contribution in [0.25, 0.3) is 0 Å². The van der Waals surface area contributed by atoms with Crippen LogP contribution in [0, 0.1) is 0 Å². The number of amides is 1. The van der Waals surface area contributed by atoms with E-state index in [1.807, 2.05) is 6.92 Å². The van der Waals surface area contributed by atoms with Gasteiger partial charge in [-0.25, -0.2) is 4.79 Å². The van der Waals surface area contributed by atoms with E-state index in [1.54, 1.807) is 13.2 Å². The van der Waals surface area contributed by atoms with Crippen molar-refractivity contribution in [1.82, 2.24) is 4.90 Å². The molecule has 0 aromatic heterocycles. The number of carbonyl (C=O) groups is 1. The van der Waals surface area contributed by atoms with Gasteiger partial charge < -0.3 is 20.5 Å². The third-order valence-electron chi connectivity index (χ3n) is 3.49. The number of carboxylic acid groups (broad SMARTS) is 1. The van der Waals surface area contributed by atoms with E-state index in [2.05, 4.69) is 0 Å². The molecule has 7 heteroatoms. The highest BCUT2D eigenvalue weighted by Gasteiger charge is 2.36. The maximum absolute atomic E-state index is 10.9. The summed E-state index contributed by atoms with van der Waals surface area (Å²) in [6, 6.07) is 1.44. The van der Waals surface area contributed by atoms with Crippen LogP contribution in [-0.4, -0.2) is 36.3 Å². The zero-order valence-electron chi connectivity index (χ0n) is 11.2. The van der Waals surface area contributed by atoms with Crippen molar-refractivity contribution in [3.8, 4) is 5.75 Å². The van der Waals surface area contributed by atoms with Gasteiger partial charge in [0.1, 0.15) is 5.75 Å². The van der Waals surface area contributed by atoms with Crippen LogP contribution in [0.1, 0.15) is 30.0 Å². The van der Waals surface area contributed by atoms with Gasteiger partial charge in [-0.1, -0.05) is 23.2 Å². The van der Waals surface area contributed by atoms with Gasteiger partial charge in [0.15, 0.2) is 0 Å². The van der Waals surface area contributed by atoms with E-state index >= 15 is 0 Å². The smallest absolute Gasteiger partial charge is 0.407 e. The summed E-state index contributed by atoms with van der Waals surface area (Å²) in [6.45, 7) is 2.59. The Bertz CT molecular complexity index is 543. The van der Waals surface area contributed by atoms with Crippen LogP contribution in [0.3, 0.4) is 0 Å². The maximum atomic E-state index is 10.9. The molecule has 20 heavy (non-hydrogen) atoms. The van der Waals surface area contributed by atoms with Crippen LogP contribution in [0.4, 0.5) is 4.79 Å². The van der Waals surface area contributed by atoms with Crippen molar-refractivity contribution in [2.24, 2.45) is 5.73 Å². The number of methoxy groups -OCH3 is 1. The monoisotopic (exact) mass is 318 g/mol. The van der Waals surface area contributed by atoms with Gasteiger partial charge >= 0.3 is 6.09 Å². The summed E-state index contributed by atoms with van der Waals surface area (Å²) >= 11 is 12.4. The molecule has 1 saturated heterocycles. The highest BCUT2D eigenvalue weighted by Crippen LogP contribution is 2.45. The van der Waals surface area contributed by atoms with E-state index in [-0.39, 0.29) is 12.0 Å². The lowest BCUT2D eigenvalue weighted by Gasteiger charge is -2.38. The minimum Gasteiger partial charge on any atom is -0.496 e. The molecule has 1 heterocycles. The Labute approximate surface area is 127 Å². The van der Waals surface area contributed by atoms with Crippen molar-refractivity contribution in [1.29, 1.82) is 0 Å². The van der Waals surface area contributed by atoms with E-state index in [4.69, 9.17) is 38.8 Å². The van der Waals surface area contributed by atoms with Crippen LogP contribution >= 0.6 is 23.2 Å². The molecule has 1 atom stereocenters. The van der Waals surface area contributed by atoms with Gasteiger partial charge in [-0.05, 0) is 13.0 Å². The number of nitrogens with two attached hydrogens (primary N) is 1. The molecular formula is C13H16Cl2N2O3.